The van der Waals surface area contributed by atoms with Gasteiger partial charge in [-0.3, -0.25) is 4.79 Å². The lowest BCUT2D eigenvalue weighted by Gasteiger charge is -2.08. The maximum absolute atomic E-state index is 12.4. The van der Waals surface area contributed by atoms with E-state index in [1.165, 1.54) is 0 Å². The van der Waals surface area contributed by atoms with E-state index in [9.17, 15) is 9.59 Å². The van der Waals surface area contributed by atoms with Gasteiger partial charge in [-0.25, -0.2) is 9.64 Å². The van der Waals surface area contributed by atoms with Gasteiger partial charge in [0.1, 0.15) is 19.0 Å². The molecule has 0 aliphatic heterocycles. The number of esters is 1. The van der Waals surface area contributed by atoms with Gasteiger partial charge in [0, 0.05) is 16.7 Å². The second-order valence-electron chi connectivity index (χ2n) is 5.28. The fourth-order valence-corrected chi connectivity index (χ4v) is 1.97. The van der Waals surface area contributed by atoms with E-state index in [1.54, 1.807) is 55.5 Å². The van der Waals surface area contributed by atoms with Crippen molar-refractivity contribution < 1.29 is 19.1 Å². The summed E-state index contributed by atoms with van der Waals surface area (Å²) in [6, 6.07) is 13.2. The van der Waals surface area contributed by atoms with Crippen molar-refractivity contribution in [3.8, 4) is 5.75 Å². The van der Waals surface area contributed by atoms with Gasteiger partial charge in [0.25, 0.3) is 0 Å². The van der Waals surface area contributed by atoms with E-state index in [0.29, 0.717) is 28.1 Å². The molecule has 0 N–H and O–H groups in total. The van der Waals surface area contributed by atoms with Crippen molar-refractivity contribution in [2.45, 2.75) is 6.92 Å². The topological polar surface area (TPSA) is 57.0 Å². The molecule has 5 heteroatoms. The summed E-state index contributed by atoms with van der Waals surface area (Å²) in [7, 11) is 0. The lowest BCUT2D eigenvalue weighted by molar-refractivity contribution is -0.139. The van der Waals surface area contributed by atoms with Crippen molar-refractivity contribution >= 4 is 17.4 Å². The molecule has 2 rings (SSSR count). The van der Waals surface area contributed by atoms with E-state index in [0.717, 1.165) is 0 Å². The van der Waals surface area contributed by atoms with Gasteiger partial charge in [0.15, 0.2) is 11.5 Å². The average molecular weight is 335 g/mol. The molecular formula is C20H17NO4. The van der Waals surface area contributed by atoms with Gasteiger partial charge >= 0.3 is 5.97 Å². The van der Waals surface area contributed by atoms with Crippen LogP contribution >= 0.6 is 0 Å². The quantitative estimate of drug-likeness (QED) is 0.253. The fourth-order valence-electron chi connectivity index (χ4n) is 1.97. The highest BCUT2D eigenvalue weighted by Gasteiger charge is 2.09. The van der Waals surface area contributed by atoms with E-state index in [1.807, 2.05) is 0 Å². The third-order valence-electron chi connectivity index (χ3n) is 3.31. The second-order valence-corrected chi connectivity index (χ2v) is 5.28. The minimum atomic E-state index is -0.450. The van der Waals surface area contributed by atoms with Crippen molar-refractivity contribution in [3.05, 3.63) is 83.2 Å². The molecule has 2 aromatic rings. The Morgan fingerprint density at radius 2 is 1.56 bits per heavy atom. The lowest BCUT2D eigenvalue weighted by atomic mass is 10.0. The Morgan fingerprint density at radius 3 is 2.08 bits per heavy atom. The van der Waals surface area contributed by atoms with Crippen LogP contribution in [-0.4, -0.2) is 25.0 Å². The smallest absolute Gasteiger partial charge is 0.333 e. The van der Waals surface area contributed by atoms with Gasteiger partial charge < -0.3 is 9.47 Å². The molecule has 0 aliphatic carbocycles. The number of carbonyl (C=O) groups excluding carboxylic acids is 2. The Labute approximate surface area is 146 Å². The monoisotopic (exact) mass is 335 g/mol. The molecule has 0 heterocycles. The maximum Gasteiger partial charge on any atom is 0.333 e. The molecular weight excluding hydrogens is 318 g/mol. The molecule has 0 aliphatic rings. The van der Waals surface area contributed by atoms with Crippen molar-refractivity contribution in [1.82, 2.24) is 0 Å². The number of hydrogen-bond acceptors (Lipinski definition) is 4. The standard InChI is InChI=1S/C20H17NO4/c1-14(2)20(23)25-13-12-24-18-10-6-16(7-11-18)19(22)15-4-8-17(21-3)9-5-15/h4-11H,1,12-13H2,2H3. The number of nitrogens with zero attached hydrogens (tertiary/aromatic N) is 1. The first-order chi connectivity index (χ1) is 12.0. The molecule has 0 unspecified atom stereocenters. The van der Waals surface area contributed by atoms with E-state index in [-0.39, 0.29) is 19.0 Å². The highest BCUT2D eigenvalue weighted by molar-refractivity contribution is 6.09. The highest BCUT2D eigenvalue weighted by atomic mass is 16.6. The number of hydrogen-bond donors (Lipinski definition) is 0. The Kier molecular flexibility index (Phi) is 6.08. The number of ketones is 1. The molecule has 25 heavy (non-hydrogen) atoms. The first-order valence-electron chi connectivity index (χ1n) is 7.59. The zero-order valence-electron chi connectivity index (χ0n) is 13.8. The fraction of sp³-hybridized carbons (Fsp3) is 0.150. The average Bonchev–Trinajstić information content (AvgIpc) is 2.65. The largest absolute Gasteiger partial charge is 0.490 e. The summed E-state index contributed by atoms with van der Waals surface area (Å²) >= 11 is 0. The molecule has 0 aromatic heterocycles. The number of ether oxygens (including phenoxy) is 2. The summed E-state index contributed by atoms with van der Waals surface area (Å²) in [5, 5.41) is 0. The van der Waals surface area contributed by atoms with Crippen LogP contribution in [0.4, 0.5) is 5.69 Å². The van der Waals surface area contributed by atoms with Gasteiger partial charge in [0.2, 0.25) is 0 Å². The SMILES string of the molecule is [C-]#[N+]c1ccc(C(=O)c2ccc(OCCOC(=O)C(=C)C)cc2)cc1. The summed E-state index contributed by atoms with van der Waals surface area (Å²) in [5.41, 5.74) is 1.88. The Balaban J connectivity index is 1.90. The van der Waals surface area contributed by atoms with Gasteiger partial charge in [-0.05, 0) is 31.2 Å². The zero-order chi connectivity index (χ0) is 18.2. The molecule has 0 amide bonds. The predicted octanol–water partition coefficient (Wildman–Crippen LogP) is 3.97. The summed E-state index contributed by atoms with van der Waals surface area (Å²) in [4.78, 5) is 26.9. The summed E-state index contributed by atoms with van der Waals surface area (Å²) < 4.78 is 10.4. The van der Waals surface area contributed by atoms with Gasteiger partial charge in [-0.2, -0.15) is 0 Å². The van der Waals surface area contributed by atoms with Crippen LogP contribution in [0.15, 0.2) is 60.7 Å². The minimum Gasteiger partial charge on any atom is -0.490 e. The van der Waals surface area contributed by atoms with E-state index in [2.05, 4.69) is 11.4 Å². The summed E-state index contributed by atoms with van der Waals surface area (Å²) in [6.45, 7) is 12.3. The molecule has 0 saturated heterocycles. The third-order valence-corrected chi connectivity index (χ3v) is 3.31. The maximum atomic E-state index is 12.4. The van der Waals surface area contributed by atoms with E-state index < -0.39 is 5.97 Å². The molecule has 126 valence electrons. The number of rotatable bonds is 7. The van der Waals surface area contributed by atoms with Crippen LogP contribution in [0.25, 0.3) is 4.85 Å². The lowest BCUT2D eigenvalue weighted by Crippen LogP contribution is -2.12. The van der Waals surface area contributed by atoms with E-state index >= 15 is 0 Å². The van der Waals surface area contributed by atoms with Crippen molar-refractivity contribution in [3.63, 3.8) is 0 Å². The first kappa shape index (κ1) is 18.0. The molecule has 5 nitrogen and oxygen atoms in total. The molecule has 0 atom stereocenters. The minimum absolute atomic E-state index is 0.125. The van der Waals surface area contributed by atoms with E-state index in [4.69, 9.17) is 16.0 Å². The molecule has 0 bridgehead atoms. The first-order valence-corrected chi connectivity index (χ1v) is 7.59. The summed E-state index contributed by atoms with van der Waals surface area (Å²) in [6.07, 6.45) is 0. The third kappa shape index (κ3) is 5.05. The van der Waals surface area contributed by atoms with Crippen LogP contribution in [0.5, 0.6) is 5.75 Å². The van der Waals surface area contributed by atoms with Gasteiger partial charge in [-0.15, -0.1) is 0 Å². The van der Waals surface area contributed by atoms with Crippen LogP contribution in [0.2, 0.25) is 0 Å². The number of benzene rings is 2. The molecule has 2 aromatic carbocycles. The predicted molar refractivity (Wildman–Crippen MR) is 93.8 cm³/mol. The van der Waals surface area contributed by atoms with Gasteiger partial charge in [-0.1, -0.05) is 30.8 Å². The Hall–Kier alpha value is -3.39. The molecule has 0 saturated carbocycles. The van der Waals surface area contributed by atoms with Crippen LogP contribution < -0.4 is 4.74 Å². The Morgan fingerprint density at radius 1 is 1.00 bits per heavy atom. The van der Waals surface area contributed by atoms with Crippen LogP contribution in [0.1, 0.15) is 22.8 Å². The zero-order valence-corrected chi connectivity index (χ0v) is 13.8. The molecule has 0 fully saturated rings. The van der Waals surface area contributed by atoms with Crippen molar-refractivity contribution in [2.24, 2.45) is 0 Å². The number of carbonyl (C=O) groups is 2. The van der Waals surface area contributed by atoms with Crippen molar-refractivity contribution in [1.29, 1.82) is 0 Å². The molecule has 0 radical (unpaired) electrons. The molecule has 0 spiro atoms. The Bertz CT molecular complexity index is 814. The van der Waals surface area contributed by atoms with Crippen LogP contribution in [0.3, 0.4) is 0 Å². The van der Waals surface area contributed by atoms with Crippen LogP contribution in [-0.2, 0) is 9.53 Å². The van der Waals surface area contributed by atoms with Gasteiger partial charge in [0.05, 0.1) is 6.57 Å². The highest BCUT2D eigenvalue weighted by Crippen LogP contribution is 2.18. The summed E-state index contributed by atoms with van der Waals surface area (Å²) in [5.74, 6) is -0.00136. The van der Waals surface area contributed by atoms with Crippen molar-refractivity contribution in [2.75, 3.05) is 13.2 Å². The normalized spacial score (nSPS) is 9.76. The second kappa shape index (κ2) is 8.46. The van der Waals surface area contributed by atoms with Crippen LogP contribution in [0, 0.1) is 6.57 Å².